The Balaban J connectivity index is 1.40. The number of benzene rings is 1. The van der Waals surface area contributed by atoms with Crippen LogP contribution in [0.15, 0.2) is 36.4 Å². The fourth-order valence-corrected chi connectivity index (χ4v) is 4.96. The van der Waals surface area contributed by atoms with Gasteiger partial charge in [0.05, 0.1) is 11.8 Å². The monoisotopic (exact) mass is 342 g/mol. The number of hydrogen-bond donors (Lipinski definition) is 1. The third-order valence-electron chi connectivity index (χ3n) is 5.98. The molecule has 3 amide bonds. The van der Waals surface area contributed by atoms with Crippen molar-refractivity contribution in [3.8, 4) is 0 Å². The van der Waals surface area contributed by atoms with E-state index in [0.29, 0.717) is 22.4 Å². The van der Waals surface area contributed by atoms with Crippen LogP contribution in [0.25, 0.3) is 0 Å². The molecule has 0 spiro atoms. The number of carbonyl (C=O) groups excluding carboxylic acids is 3. The molecule has 0 aromatic heterocycles. The molecule has 2 bridgehead atoms. The second kappa shape index (κ2) is 4.70. The summed E-state index contributed by atoms with van der Waals surface area (Å²) >= 11 is 5.82. The lowest BCUT2D eigenvalue weighted by molar-refractivity contribution is -0.143. The van der Waals surface area contributed by atoms with Gasteiger partial charge in [-0.15, -0.1) is 0 Å². The maximum atomic E-state index is 12.8. The average molecular weight is 343 g/mol. The number of imide groups is 1. The first-order chi connectivity index (χ1) is 11.6. The maximum Gasteiger partial charge on any atom is 0.270 e. The number of nitrogens with zero attached hydrogens (tertiary/aromatic N) is 1. The van der Waals surface area contributed by atoms with Gasteiger partial charge >= 0.3 is 0 Å². The van der Waals surface area contributed by atoms with Gasteiger partial charge in [0.1, 0.15) is 0 Å². The van der Waals surface area contributed by atoms with E-state index in [1.54, 1.807) is 24.3 Å². The number of rotatable bonds is 2. The Morgan fingerprint density at radius 2 is 1.54 bits per heavy atom. The zero-order valence-electron chi connectivity index (χ0n) is 12.7. The zero-order chi connectivity index (χ0) is 16.6. The van der Waals surface area contributed by atoms with Gasteiger partial charge in [-0.2, -0.15) is 5.01 Å². The van der Waals surface area contributed by atoms with E-state index in [-0.39, 0.29) is 35.5 Å². The minimum absolute atomic E-state index is 0.152. The zero-order valence-corrected chi connectivity index (χ0v) is 13.4. The van der Waals surface area contributed by atoms with Crippen LogP contribution < -0.4 is 5.43 Å². The highest BCUT2D eigenvalue weighted by atomic mass is 35.5. The first-order valence-electron chi connectivity index (χ1n) is 8.19. The second-order valence-electron chi connectivity index (χ2n) is 7.11. The van der Waals surface area contributed by atoms with Gasteiger partial charge in [-0.3, -0.25) is 19.8 Å². The molecule has 4 aliphatic carbocycles. The van der Waals surface area contributed by atoms with Crippen molar-refractivity contribution in [3.05, 3.63) is 47.0 Å². The predicted octanol–water partition coefficient (Wildman–Crippen LogP) is 2.04. The van der Waals surface area contributed by atoms with Crippen LogP contribution in [0.2, 0.25) is 5.02 Å². The number of halogens is 1. The number of hydrazine groups is 1. The van der Waals surface area contributed by atoms with E-state index in [9.17, 15) is 14.4 Å². The van der Waals surface area contributed by atoms with Crippen LogP contribution in [-0.4, -0.2) is 22.7 Å². The summed E-state index contributed by atoms with van der Waals surface area (Å²) in [4.78, 5) is 37.9. The van der Waals surface area contributed by atoms with Gasteiger partial charge < -0.3 is 0 Å². The average Bonchev–Trinajstić information content (AvgIpc) is 3.36. The largest absolute Gasteiger partial charge is 0.272 e. The van der Waals surface area contributed by atoms with Gasteiger partial charge in [0.15, 0.2) is 0 Å². The molecule has 1 heterocycles. The lowest BCUT2D eigenvalue weighted by Crippen LogP contribution is -2.46. The van der Waals surface area contributed by atoms with Crippen LogP contribution in [0.5, 0.6) is 0 Å². The molecule has 6 atom stereocenters. The molecule has 1 aromatic rings. The van der Waals surface area contributed by atoms with Crippen molar-refractivity contribution in [2.24, 2.45) is 35.5 Å². The number of carbonyl (C=O) groups is 3. The number of amides is 3. The summed E-state index contributed by atoms with van der Waals surface area (Å²) in [6.07, 6.45) is 5.33. The van der Waals surface area contributed by atoms with E-state index in [0.717, 1.165) is 11.4 Å². The van der Waals surface area contributed by atoms with Gasteiger partial charge in [-0.25, -0.2) is 0 Å². The molecule has 1 N–H and O–H groups in total. The first kappa shape index (κ1) is 14.2. The fraction of sp³-hybridized carbons (Fsp3) is 0.389. The maximum absolute atomic E-state index is 12.8. The standard InChI is InChI=1S/C18H15ClN2O3/c19-9-3-1-8(2-4-9)16(22)20-21-17(23)14-10-5-6-11(13-7-12(10)13)15(14)18(21)24/h1-6,10-15H,7H2,(H,20,22)/t10-,11-,12-,13+,14+,15+/m1/s1. The molecule has 5 aliphatic rings. The van der Waals surface area contributed by atoms with E-state index in [1.165, 1.54) is 0 Å². The van der Waals surface area contributed by atoms with Crippen molar-refractivity contribution in [1.82, 2.24) is 10.4 Å². The van der Waals surface area contributed by atoms with Crippen LogP contribution in [0.3, 0.4) is 0 Å². The highest BCUT2D eigenvalue weighted by Crippen LogP contribution is 2.65. The van der Waals surface area contributed by atoms with Crippen molar-refractivity contribution in [2.45, 2.75) is 6.42 Å². The van der Waals surface area contributed by atoms with Crippen LogP contribution in [0.1, 0.15) is 16.8 Å². The normalized spacial score (nSPS) is 38.1. The number of hydrogen-bond acceptors (Lipinski definition) is 3. The quantitative estimate of drug-likeness (QED) is 0.660. The summed E-state index contributed by atoms with van der Waals surface area (Å²) in [5, 5.41) is 1.47. The van der Waals surface area contributed by atoms with Crippen molar-refractivity contribution < 1.29 is 14.4 Å². The van der Waals surface area contributed by atoms with Crippen molar-refractivity contribution >= 4 is 29.3 Å². The Labute approximate surface area is 143 Å². The summed E-state index contributed by atoms with van der Waals surface area (Å²) < 4.78 is 0. The molecule has 1 aromatic carbocycles. The third kappa shape index (κ3) is 1.79. The lowest BCUT2D eigenvalue weighted by Gasteiger charge is -2.37. The molecule has 6 heteroatoms. The highest BCUT2D eigenvalue weighted by Gasteiger charge is 2.67. The molecular formula is C18H15ClN2O3. The second-order valence-corrected chi connectivity index (χ2v) is 7.55. The lowest BCUT2D eigenvalue weighted by atomic mass is 9.63. The topological polar surface area (TPSA) is 66.5 Å². The SMILES string of the molecule is O=C(NN1C(=O)[C@H]2[C@@H]3C=C[C@H]([C@@H]4C[C@H]34)[C@@H]2C1=O)c1ccc(Cl)cc1. The molecule has 0 unspecified atom stereocenters. The molecule has 24 heavy (non-hydrogen) atoms. The summed E-state index contributed by atoms with van der Waals surface area (Å²) in [7, 11) is 0. The highest BCUT2D eigenvalue weighted by molar-refractivity contribution is 6.30. The van der Waals surface area contributed by atoms with Gasteiger partial charge in [0.25, 0.3) is 17.7 Å². The van der Waals surface area contributed by atoms with E-state index < -0.39 is 5.91 Å². The Morgan fingerprint density at radius 1 is 1.00 bits per heavy atom. The molecule has 1 aliphatic heterocycles. The Hall–Kier alpha value is -2.14. The summed E-state index contributed by atoms with van der Waals surface area (Å²) in [6.45, 7) is 0. The predicted molar refractivity (Wildman–Crippen MR) is 85.5 cm³/mol. The van der Waals surface area contributed by atoms with Gasteiger partial charge in [0.2, 0.25) is 0 Å². The van der Waals surface area contributed by atoms with Crippen LogP contribution in [0, 0.1) is 35.5 Å². The van der Waals surface area contributed by atoms with Gasteiger partial charge in [0, 0.05) is 10.6 Å². The van der Waals surface area contributed by atoms with Crippen LogP contribution in [0.4, 0.5) is 0 Å². The van der Waals surface area contributed by atoms with E-state index in [4.69, 9.17) is 11.6 Å². The minimum atomic E-state index is -0.475. The number of allylic oxidation sites excluding steroid dienone is 2. The smallest absolute Gasteiger partial charge is 0.270 e. The molecule has 6 rings (SSSR count). The van der Waals surface area contributed by atoms with Crippen molar-refractivity contribution in [2.75, 3.05) is 0 Å². The van der Waals surface area contributed by atoms with Crippen molar-refractivity contribution in [3.63, 3.8) is 0 Å². The minimum Gasteiger partial charge on any atom is -0.272 e. The Bertz CT molecular complexity index is 767. The van der Waals surface area contributed by atoms with Gasteiger partial charge in [-0.05, 0) is 54.4 Å². The van der Waals surface area contributed by atoms with E-state index in [1.807, 2.05) is 0 Å². The molecule has 122 valence electrons. The molecule has 3 fully saturated rings. The van der Waals surface area contributed by atoms with Crippen molar-refractivity contribution in [1.29, 1.82) is 0 Å². The van der Waals surface area contributed by atoms with Crippen LogP contribution in [-0.2, 0) is 9.59 Å². The molecule has 5 nitrogen and oxygen atoms in total. The van der Waals surface area contributed by atoms with E-state index in [2.05, 4.69) is 17.6 Å². The summed E-state index contributed by atoms with van der Waals surface area (Å²) in [5.41, 5.74) is 2.85. The van der Waals surface area contributed by atoms with E-state index >= 15 is 0 Å². The first-order valence-corrected chi connectivity index (χ1v) is 8.57. The Kier molecular flexibility index (Phi) is 2.78. The van der Waals surface area contributed by atoms with Gasteiger partial charge in [-0.1, -0.05) is 23.8 Å². The summed E-state index contributed by atoms with van der Waals surface area (Å²) in [6, 6.07) is 6.33. The third-order valence-corrected chi connectivity index (χ3v) is 6.23. The molecular weight excluding hydrogens is 328 g/mol. The number of nitrogens with one attached hydrogen (secondary N) is 1. The fourth-order valence-electron chi connectivity index (χ4n) is 4.83. The molecule has 1 saturated heterocycles. The summed E-state index contributed by atoms with van der Waals surface area (Å²) in [5.74, 6) is -0.220. The van der Waals surface area contributed by atoms with Crippen LogP contribution >= 0.6 is 11.6 Å². The Morgan fingerprint density at radius 3 is 2.08 bits per heavy atom. The molecule has 0 radical (unpaired) electrons. The molecule has 2 saturated carbocycles.